The average Bonchev–Trinajstić information content (AvgIpc) is 2.82. The zero-order valence-corrected chi connectivity index (χ0v) is 16.4. The molecule has 0 spiro atoms. The summed E-state index contributed by atoms with van der Waals surface area (Å²) >= 11 is 0. The summed E-state index contributed by atoms with van der Waals surface area (Å²) in [7, 11) is -16.5. The topological polar surface area (TPSA) is 260 Å². The molecular formula is C8H17N4O13P3. The molecule has 2 rings (SSSR count). The van der Waals surface area contributed by atoms with Gasteiger partial charge in [0.25, 0.3) is 0 Å². The molecule has 28 heavy (non-hydrogen) atoms. The quantitative estimate of drug-likeness (QED) is 0.191. The highest BCUT2D eigenvalue weighted by Crippen LogP contribution is 2.66. The van der Waals surface area contributed by atoms with Gasteiger partial charge in [0.1, 0.15) is 19.0 Å². The molecule has 0 aromatic carbocycles. The van der Waals surface area contributed by atoms with Gasteiger partial charge in [-0.1, -0.05) is 0 Å². The Balaban J connectivity index is 1.91. The van der Waals surface area contributed by atoms with Crippen molar-refractivity contribution >= 4 is 35.5 Å². The minimum atomic E-state index is -5.65. The number of nitrogens with two attached hydrogens (primary N) is 1. The Kier molecular flexibility index (Phi) is 7.04. The highest BCUT2D eigenvalue weighted by Gasteiger charge is 2.44. The molecule has 17 nitrogen and oxygen atoms in total. The predicted octanol–water partition coefficient (Wildman–Crippen LogP) is -1.90. The minimum Gasteiger partial charge on any atom is -0.390 e. The molecule has 162 valence electrons. The van der Waals surface area contributed by atoms with E-state index in [-0.39, 0.29) is 19.0 Å². The highest BCUT2D eigenvalue weighted by atomic mass is 31.3. The Hall–Kier alpha value is -0.930. The second kappa shape index (κ2) is 8.44. The summed E-state index contributed by atoms with van der Waals surface area (Å²) in [6, 6.07) is -0.654. The Bertz CT molecular complexity index is 784. The molecule has 2 aliphatic rings. The maximum Gasteiger partial charge on any atom is 0.490 e. The van der Waals surface area contributed by atoms with Gasteiger partial charge in [0.15, 0.2) is 5.96 Å². The van der Waals surface area contributed by atoms with Crippen LogP contribution in [0.25, 0.3) is 0 Å². The zero-order valence-electron chi connectivity index (χ0n) is 13.7. The van der Waals surface area contributed by atoms with Gasteiger partial charge in [-0.3, -0.25) is 14.7 Å². The number of urea groups is 1. The van der Waals surface area contributed by atoms with Gasteiger partial charge in [0, 0.05) is 6.42 Å². The van der Waals surface area contributed by atoms with E-state index in [0.29, 0.717) is 0 Å². The molecule has 0 aromatic rings. The first-order valence-corrected chi connectivity index (χ1v) is 11.7. The first-order valence-electron chi connectivity index (χ1n) is 7.17. The van der Waals surface area contributed by atoms with E-state index in [2.05, 4.69) is 23.5 Å². The van der Waals surface area contributed by atoms with Crippen LogP contribution in [0.3, 0.4) is 0 Å². The fraction of sp³-hybridized carbons (Fsp3) is 0.750. The minimum absolute atomic E-state index is 0.107. The lowest BCUT2D eigenvalue weighted by Crippen LogP contribution is -2.54. The molecule has 0 aliphatic carbocycles. The number of carbonyl (C=O) groups is 1. The average molecular weight is 470 g/mol. The third-order valence-corrected chi connectivity index (χ3v) is 7.06. The number of ether oxygens (including phenoxy) is 1. The monoisotopic (exact) mass is 470 g/mol. The number of amides is 2. The van der Waals surface area contributed by atoms with E-state index in [1.807, 2.05) is 0 Å². The first kappa shape index (κ1) is 23.3. The molecule has 0 radical (unpaired) electrons. The van der Waals surface area contributed by atoms with Gasteiger partial charge < -0.3 is 35.2 Å². The second-order valence-corrected chi connectivity index (χ2v) is 9.82. The Morgan fingerprint density at radius 1 is 1.21 bits per heavy atom. The summed E-state index contributed by atoms with van der Waals surface area (Å²) < 4.78 is 50.2. The van der Waals surface area contributed by atoms with Crippen molar-refractivity contribution in [3.05, 3.63) is 0 Å². The van der Waals surface area contributed by atoms with Gasteiger partial charge in [0.2, 0.25) is 0 Å². The predicted molar refractivity (Wildman–Crippen MR) is 86.0 cm³/mol. The van der Waals surface area contributed by atoms with Gasteiger partial charge in [-0.25, -0.2) is 23.5 Å². The number of carbonyl (C=O) groups excluding carboxylic acids is 1. The maximum atomic E-state index is 11.8. The van der Waals surface area contributed by atoms with E-state index in [1.165, 1.54) is 0 Å². The fourth-order valence-electron chi connectivity index (χ4n) is 2.19. The summed E-state index contributed by atoms with van der Waals surface area (Å²) in [4.78, 5) is 51.9. The lowest BCUT2D eigenvalue weighted by atomic mass is 10.2. The van der Waals surface area contributed by atoms with E-state index < -0.39 is 54.5 Å². The Morgan fingerprint density at radius 2 is 1.86 bits per heavy atom. The van der Waals surface area contributed by atoms with Crippen LogP contribution in [-0.4, -0.2) is 73.3 Å². The van der Waals surface area contributed by atoms with Crippen LogP contribution < -0.4 is 11.1 Å². The number of nitrogens with one attached hydrogen (secondary N) is 1. The van der Waals surface area contributed by atoms with E-state index in [4.69, 9.17) is 25.2 Å². The lowest BCUT2D eigenvalue weighted by Gasteiger charge is -2.29. The number of phosphoric acid groups is 3. The van der Waals surface area contributed by atoms with Crippen LogP contribution in [-0.2, 0) is 31.6 Å². The van der Waals surface area contributed by atoms with E-state index in [1.54, 1.807) is 0 Å². The van der Waals surface area contributed by atoms with Crippen LogP contribution in [0.2, 0.25) is 0 Å². The van der Waals surface area contributed by atoms with Crippen LogP contribution in [0, 0.1) is 0 Å². The maximum absolute atomic E-state index is 11.8. The number of aliphatic imine (C=N–C) groups is 1. The van der Waals surface area contributed by atoms with E-state index >= 15 is 0 Å². The first-order chi connectivity index (χ1) is 12.7. The van der Waals surface area contributed by atoms with Crippen molar-refractivity contribution in [1.82, 2.24) is 10.2 Å². The third-order valence-electron chi connectivity index (χ3n) is 3.26. The van der Waals surface area contributed by atoms with Crippen molar-refractivity contribution < 1.29 is 61.1 Å². The molecule has 2 aliphatic heterocycles. The van der Waals surface area contributed by atoms with Gasteiger partial charge in [-0.05, 0) is 0 Å². The molecule has 20 heteroatoms. The number of guanidine groups is 1. The van der Waals surface area contributed by atoms with Crippen LogP contribution in [0.15, 0.2) is 4.99 Å². The molecule has 0 aromatic heterocycles. The van der Waals surface area contributed by atoms with Crippen LogP contribution in [0.4, 0.5) is 4.79 Å². The number of aliphatic hydroxyl groups is 1. The van der Waals surface area contributed by atoms with Crippen LogP contribution >= 0.6 is 23.5 Å². The number of nitrogens with zero attached hydrogens (tertiary/aromatic N) is 2. The molecule has 8 N–H and O–H groups in total. The summed E-state index contributed by atoms with van der Waals surface area (Å²) in [6.07, 6.45) is -3.63. The molecular weight excluding hydrogens is 453 g/mol. The van der Waals surface area contributed by atoms with Gasteiger partial charge >= 0.3 is 29.5 Å². The number of phosphoric ester groups is 1. The number of aliphatic hydroxyl groups excluding tert-OH is 1. The molecule has 5 atom stereocenters. The number of rotatable bonds is 8. The molecule has 2 unspecified atom stereocenters. The Morgan fingerprint density at radius 3 is 2.43 bits per heavy atom. The van der Waals surface area contributed by atoms with E-state index in [0.717, 1.165) is 4.90 Å². The summed E-state index contributed by atoms with van der Waals surface area (Å²) in [5.41, 5.74) is 5.33. The van der Waals surface area contributed by atoms with Crippen molar-refractivity contribution in [2.45, 2.75) is 24.9 Å². The largest absolute Gasteiger partial charge is 0.490 e. The van der Waals surface area contributed by atoms with Crippen LogP contribution in [0.5, 0.6) is 0 Å². The van der Waals surface area contributed by atoms with Crippen molar-refractivity contribution in [2.75, 3.05) is 13.3 Å². The van der Waals surface area contributed by atoms with E-state index in [9.17, 15) is 28.5 Å². The van der Waals surface area contributed by atoms with Crippen molar-refractivity contribution in [1.29, 1.82) is 0 Å². The number of hydrogen-bond donors (Lipinski definition) is 7. The molecule has 1 fully saturated rings. The lowest BCUT2D eigenvalue weighted by molar-refractivity contribution is -0.0628. The normalized spacial score (nSPS) is 30.3. The van der Waals surface area contributed by atoms with Crippen molar-refractivity contribution in [3.8, 4) is 0 Å². The summed E-state index contributed by atoms with van der Waals surface area (Å²) in [5.74, 6) is -0.107. The standard InChI is InChI=1S/C8H17N4O13P3/c9-7-10-3-12(8(14)11-7)6-1-4(13)5(23-6)2-22-27(18,19)25-28(20,21)24-26(15,16)17/h4-6,13H,1-3H2,(H,18,19)(H,20,21)(H2,15,16,17)(H3,9,10,11,14)/t4-,5+,6+/m0/s1. The van der Waals surface area contributed by atoms with Gasteiger partial charge in [0.05, 0.1) is 12.7 Å². The molecule has 2 heterocycles. The number of hydrogen-bond acceptors (Lipinski definition) is 11. The van der Waals surface area contributed by atoms with Crippen molar-refractivity contribution in [2.24, 2.45) is 10.7 Å². The second-order valence-electron chi connectivity index (χ2n) is 5.40. The molecule has 1 saturated heterocycles. The smallest absolute Gasteiger partial charge is 0.390 e. The summed E-state index contributed by atoms with van der Waals surface area (Å²) in [6.45, 7) is -1.01. The Labute approximate surface area is 156 Å². The van der Waals surface area contributed by atoms with Crippen LogP contribution in [0.1, 0.15) is 6.42 Å². The van der Waals surface area contributed by atoms with Crippen molar-refractivity contribution in [3.63, 3.8) is 0 Å². The van der Waals surface area contributed by atoms with Gasteiger partial charge in [-0.2, -0.15) is 8.62 Å². The fourth-order valence-corrected chi connectivity index (χ4v) is 5.22. The highest BCUT2D eigenvalue weighted by molar-refractivity contribution is 7.66. The third kappa shape index (κ3) is 6.84. The molecule has 0 saturated carbocycles. The SMILES string of the molecule is NC1=NCN([C@H]2C[C@H](O)[C@@H](COP(=O)(O)OP(=O)(O)OP(=O)(O)O)O2)C(=O)N1. The zero-order chi connectivity index (χ0) is 21.3. The van der Waals surface area contributed by atoms with Gasteiger partial charge in [-0.15, -0.1) is 0 Å². The molecule has 0 bridgehead atoms. The summed E-state index contributed by atoms with van der Waals surface area (Å²) in [5, 5.41) is 12.2. The molecule has 2 amide bonds.